The molecule has 5 rings (SSSR count). The van der Waals surface area contributed by atoms with Crippen LogP contribution in [-0.4, -0.2) is 81.3 Å². The molecule has 10 nitrogen and oxygen atoms in total. The van der Waals surface area contributed by atoms with Crippen LogP contribution in [-0.2, 0) is 24.0 Å². The van der Waals surface area contributed by atoms with Crippen LogP contribution in [0.5, 0.6) is 0 Å². The third-order valence-electron chi connectivity index (χ3n) is 11.3. The van der Waals surface area contributed by atoms with Crippen molar-refractivity contribution in [3.63, 3.8) is 0 Å². The number of carbonyl (C=O) groups is 4. The van der Waals surface area contributed by atoms with E-state index < -0.39 is 35.0 Å². The maximum atomic E-state index is 14.1. The topological polar surface area (TPSA) is 145 Å². The van der Waals surface area contributed by atoms with Gasteiger partial charge < -0.3 is 15.3 Å². The third-order valence-corrected chi connectivity index (χ3v) is 11.3. The van der Waals surface area contributed by atoms with E-state index in [-0.39, 0.29) is 53.5 Å². The number of hydrogen-bond acceptors (Lipinski definition) is 8. The number of carboxylic acid groups (broad SMARTS) is 2. The van der Waals surface area contributed by atoms with Crippen molar-refractivity contribution < 1.29 is 39.3 Å². The standard InChI is InChI=1S/C29H42N2O8/c1-28-10-8-16(31(21(27(37)38)14-24(34)35)39-23-5-4-12-30(23)3)13-20(28)17(15-32)26(36)25-18-6-7-22(33)29(18,2)11-9-19(25)28/h14,16-20,23,25,32H,4-13,15H2,1-3H3,(H,34,35)(H,37,38)/b21-14-/t16?,17-,18+,19+,20?,23?,25+,28-,29+/m1/s1. The highest BCUT2D eigenvalue weighted by atomic mass is 16.7. The fourth-order valence-electron chi connectivity index (χ4n) is 9.17. The minimum absolute atomic E-state index is 0.00986. The van der Waals surface area contributed by atoms with Crippen LogP contribution in [0.3, 0.4) is 0 Å². The molecule has 0 aromatic heterocycles. The summed E-state index contributed by atoms with van der Waals surface area (Å²) < 4.78 is 0. The summed E-state index contributed by atoms with van der Waals surface area (Å²) in [6, 6.07) is -0.459. The number of rotatable bonds is 7. The first-order valence-corrected chi connectivity index (χ1v) is 14.4. The van der Waals surface area contributed by atoms with E-state index in [9.17, 15) is 34.5 Å². The van der Waals surface area contributed by atoms with E-state index in [4.69, 9.17) is 4.84 Å². The molecule has 3 unspecified atom stereocenters. The molecule has 1 aliphatic heterocycles. The number of aliphatic hydroxyl groups excluding tert-OH is 1. The van der Waals surface area contributed by atoms with Crippen molar-refractivity contribution in [2.24, 2.45) is 40.4 Å². The first-order chi connectivity index (χ1) is 18.4. The number of fused-ring (bicyclic) bond motifs is 5. The molecule has 0 bridgehead atoms. The molecule has 0 amide bonds. The van der Waals surface area contributed by atoms with Crippen LogP contribution < -0.4 is 0 Å². The van der Waals surface area contributed by atoms with Gasteiger partial charge in [0.1, 0.15) is 17.8 Å². The lowest BCUT2D eigenvalue weighted by molar-refractivity contribution is -0.245. The number of ketones is 2. The summed E-state index contributed by atoms with van der Waals surface area (Å²) in [5.74, 6) is -3.41. The second-order valence-corrected chi connectivity index (χ2v) is 13.1. The van der Waals surface area contributed by atoms with Gasteiger partial charge in [-0.15, -0.1) is 0 Å². The lowest BCUT2D eigenvalue weighted by Gasteiger charge is -2.61. The summed E-state index contributed by atoms with van der Waals surface area (Å²) in [4.78, 5) is 59.0. The molecular formula is C29H42N2O8. The number of nitrogens with zero attached hydrogens (tertiary/aromatic N) is 2. The van der Waals surface area contributed by atoms with Crippen LogP contribution in [0.25, 0.3) is 0 Å². The Morgan fingerprint density at radius 1 is 1.08 bits per heavy atom. The fraction of sp³-hybridized carbons (Fsp3) is 0.793. The summed E-state index contributed by atoms with van der Waals surface area (Å²) in [5, 5.41) is 31.3. The largest absolute Gasteiger partial charge is 0.478 e. The Labute approximate surface area is 229 Å². The van der Waals surface area contributed by atoms with Gasteiger partial charge in [0.2, 0.25) is 0 Å². The van der Waals surface area contributed by atoms with Gasteiger partial charge in [0, 0.05) is 30.2 Å². The first kappa shape index (κ1) is 28.2. The summed E-state index contributed by atoms with van der Waals surface area (Å²) in [7, 11) is 1.89. The minimum atomic E-state index is -1.39. The normalized spacial score (nSPS) is 42.6. The van der Waals surface area contributed by atoms with E-state index >= 15 is 0 Å². The molecular weight excluding hydrogens is 504 g/mol. The number of carboxylic acids is 2. The molecule has 4 aliphatic carbocycles. The second-order valence-electron chi connectivity index (χ2n) is 13.1. The fourth-order valence-corrected chi connectivity index (χ4v) is 9.17. The highest BCUT2D eigenvalue weighted by Gasteiger charge is 2.65. The zero-order valence-electron chi connectivity index (χ0n) is 23.2. The Bertz CT molecular complexity index is 1080. The van der Waals surface area contributed by atoms with E-state index in [1.54, 1.807) is 0 Å². The zero-order chi connectivity index (χ0) is 28.3. The number of likely N-dealkylation sites (tertiary alicyclic amines) is 1. The van der Waals surface area contributed by atoms with Crippen LogP contribution in [0, 0.1) is 40.4 Å². The quantitative estimate of drug-likeness (QED) is 0.322. The van der Waals surface area contributed by atoms with Crippen LogP contribution in [0.15, 0.2) is 11.8 Å². The maximum absolute atomic E-state index is 14.1. The lowest BCUT2D eigenvalue weighted by Crippen LogP contribution is -2.62. The average molecular weight is 547 g/mol. The van der Waals surface area contributed by atoms with Gasteiger partial charge in [0.15, 0.2) is 5.70 Å². The molecule has 1 heterocycles. The van der Waals surface area contributed by atoms with Crippen LogP contribution in [0.1, 0.15) is 71.6 Å². The van der Waals surface area contributed by atoms with Crippen molar-refractivity contribution in [1.82, 2.24) is 9.96 Å². The van der Waals surface area contributed by atoms with E-state index in [1.807, 2.05) is 18.9 Å². The number of hydroxylamine groups is 2. The predicted molar refractivity (Wildman–Crippen MR) is 139 cm³/mol. The Kier molecular flexibility index (Phi) is 7.43. The molecule has 5 fully saturated rings. The van der Waals surface area contributed by atoms with E-state index in [0.717, 1.165) is 32.2 Å². The molecule has 10 heteroatoms. The van der Waals surface area contributed by atoms with Gasteiger partial charge in [-0.05, 0) is 81.6 Å². The van der Waals surface area contributed by atoms with Crippen molar-refractivity contribution in [2.75, 3.05) is 20.2 Å². The number of Topliss-reactive ketones (excluding diaryl/α,β-unsaturated/α-hetero) is 2. The number of aliphatic carboxylic acids is 2. The SMILES string of the molecule is CN1CCCC1ON(/C(=C\C(=O)O)C(=O)O)C1CC[C@@]2(C)C(C1)[C@@H](CO)C(=O)[C@@H]1[C@@H]2CC[C@]2(C)C(=O)CC[C@@H]12. The Balaban J connectivity index is 1.47. The second kappa shape index (κ2) is 10.3. The number of carbonyl (C=O) groups excluding carboxylic acids is 2. The summed E-state index contributed by atoms with van der Waals surface area (Å²) >= 11 is 0. The van der Waals surface area contributed by atoms with Gasteiger partial charge >= 0.3 is 11.9 Å². The lowest BCUT2D eigenvalue weighted by atomic mass is 9.42. The molecule has 3 N–H and O–H groups in total. The average Bonchev–Trinajstić information content (AvgIpc) is 3.43. The smallest absolute Gasteiger partial charge is 0.354 e. The van der Waals surface area contributed by atoms with Gasteiger partial charge in [0.25, 0.3) is 0 Å². The maximum Gasteiger partial charge on any atom is 0.354 e. The Hall–Kier alpha value is -2.30. The van der Waals surface area contributed by atoms with E-state index in [0.29, 0.717) is 38.2 Å². The minimum Gasteiger partial charge on any atom is -0.478 e. The summed E-state index contributed by atoms with van der Waals surface area (Å²) in [5.41, 5.74) is -1.16. The molecule has 0 aromatic rings. The van der Waals surface area contributed by atoms with Gasteiger partial charge in [-0.3, -0.25) is 19.3 Å². The molecule has 0 aromatic carbocycles. The van der Waals surface area contributed by atoms with Gasteiger partial charge in [-0.25, -0.2) is 14.7 Å². The van der Waals surface area contributed by atoms with E-state index in [2.05, 4.69) is 6.92 Å². The van der Waals surface area contributed by atoms with Crippen molar-refractivity contribution in [2.45, 2.75) is 83.9 Å². The highest BCUT2D eigenvalue weighted by Crippen LogP contribution is 2.66. The Morgan fingerprint density at radius 2 is 1.82 bits per heavy atom. The predicted octanol–water partition coefficient (Wildman–Crippen LogP) is 2.70. The Morgan fingerprint density at radius 3 is 2.44 bits per heavy atom. The molecule has 0 radical (unpaired) electrons. The van der Waals surface area contributed by atoms with Crippen molar-refractivity contribution in [1.29, 1.82) is 0 Å². The first-order valence-electron chi connectivity index (χ1n) is 14.4. The van der Waals surface area contributed by atoms with Crippen molar-refractivity contribution in [3.05, 3.63) is 11.8 Å². The summed E-state index contributed by atoms with van der Waals surface area (Å²) in [6.07, 6.45) is 6.37. The number of aliphatic hydroxyl groups is 1. The molecule has 1 saturated heterocycles. The highest BCUT2D eigenvalue weighted by molar-refractivity contribution is 5.94. The molecule has 216 valence electrons. The molecule has 0 spiro atoms. The van der Waals surface area contributed by atoms with Gasteiger partial charge in [-0.1, -0.05) is 13.8 Å². The molecule has 4 saturated carbocycles. The van der Waals surface area contributed by atoms with Crippen LogP contribution >= 0.6 is 0 Å². The summed E-state index contributed by atoms with van der Waals surface area (Å²) in [6.45, 7) is 4.73. The van der Waals surface area contributed by atoms with Crippen LogP contribution in [0.4, 0.5) is 0 Å². The van der Waals surface area contributed by atoms with Crippen molar-refractivity contribution in [3.8, 4) is 0 Å². The van der Waals surface area contributed by atoms with E-state index in [1.165, 1.54) is 5.06 Å². The van der Waals surface area contributed by atoms with Gasteiger partial charge in [-0.2, -0.15) is 0 Å². The number of hydrogen-bond donors (Lipinski definition) is 3. The zero-order valence-corrected chi connectivity index (χ0v) is 23.2. The van der Waals surface area contributed by atoms with Crippen molar-refractivity contribution >= 4 is 23.5 Å². The third kappa shape index (κ3) is 4.52. The molecule has 9 atom stereocenters. The molecule has 5 aliphatic rings. The monoisotopic (exact) mass is 546 g/mol. The van der Waals surface area contributed by atoms with Gasteiger partial charge in [0.05, 0.1) is 18.7 Å². The van der Waals surface area contributed by atoms with Crippen LogP contribution in [0.2, 0.25) is 0 Å². The molecule has 39 heavy (non-hydrogen) atoms.